The Labute approximate surface area is 164 Å². The van der Waals surface area contributed by atoms with Crippen LogP contribution in [0.1, 0.15) is 40.2 Å². The van der Waals surface area contributed by atoms with Gasteiger partial charge < -0.3 is 9.84 Å². The van der Waals surface area contributed by atoms with E-state index in [1.165, 1.54) is 5.57 Å². The minimum absolute atomic E-state index is 0.0361. The summed E-state index contributed by atoms with van der Waals surface area (Å²) in [4.78, 5) is 4.78. The molecule has 0 fully saturated rings. The number of nitrogens with zero attached hydrogens (tertiary/aromatic N) is 1. The summed E-state index contributed by atoms with van der Waals surface area (Å²) in [6, 6.07) is 13.7. The van der Waals surface area contributed by atoms with E-state index in [1.807, 2.05) is 30.3 Å². The van der Waals surface area contributed by atoms with E-state index in [0.717, 1.165) is 32.1 Å². The van der Waals surface area contributed by atoms with Gasteiger partial charge in [0.1, 0.15) is 16.5 Å². The first kappa shape index (κ1) is 18.1. The molecule has 140 valence electrons. The lowest BCUT2D eigenvalue weighted by atomic mass is 9.71. The summed E-state index contributed by atoms with van der Waals surface area (Å²) in [5, 5.41) is 11.6. The van der Waals surface area contributed by atoms with Gasteiger partial charge in [-0.15, -0.1) is 11.3 Å². The highest BCUT2D eigenvalue weighted by molar-refractivity contribution is 7.21. The lowest BCUT2D eigenvalue weighted by molar-refractivity contribution is 0.213. The van der Waals surface area contributed by atoms with E-state index in [0.29, 0.717) is 6.61 Å². The van der Waals surface area contributed by atoms with E-state index in [9.17, 15) is 5.11 Å². The number of thiazole rings is 1. The summed E-state index contributed by atoms with van der Waals surface area (Å²) in [6.45, 7) is 11.8. The van der Waals surface area contributed by atoms with Crippen molar-refractivity contribution in [1.29, 1.82) is 0 Å². The molecule has 0 unspecified atom stereocenters. The molecule has 0 amide bonds. The fourth-order valence-corrected chi connectivity index (χ4v) is 5.24. The van der Waals surface area contributed by atoms with E-state index in [-0.39, 0.29) is 16.6 Å². The SMILES string of the molecule is CC(C)(C)C1=C(c2cccc(O)c2-c2nc3ccccc3s2)OCC1(C)C. The lowest BCUT2D eigenvalue weighted by Gasteiger charge is -2.31. The molecule has 1 aromatic heterocycles. The van der Waals surface area contributed by atoms with Gasteiger partial charge in [-0.3, -0.25) is 0 Å². The van der Waals surface area contributed by atoms with Gasteiger partial charge in [0, 0.05) is 11.0 Å². The molecular formula is C23H25NO2S. The van der Waals surface area contributed by atoms with Gasteiger partial charge in [-0.1, -0.05) is 58.9 Å². The third-order valence-corrected chi connectivity index (χ3v) is 6.08. The summed E-state index contributed by atoms with van der Waals surface area (Å²) in [6.07, 6.45) is 0. The normalized spacial score (nSPS) is 16.8. The van der Waals surface area contributed by atoms with E-state index >= 15 is 0 Å². The van der Waals surface area contributed by atoms with Crippen molar-refractivity contribution in [3.05, 3.63) is 53.6 Å². The van der Waals surface area contributed by atoms with Crippen LogP contribution in [0.2, 0.25) is 0 Å². The van der Waals surface area contributed by atoms with E-state index in [1.54, 1.807) is 17.4 Å². The first-order chi connectivity index (χ1) is 12.7. The summed E-state index contributed by atoms with van der Waals surface area (Å²) in [5.74, 6) is 1.12. The van der Waals surface area contributed by atoms with Crippen LogP contribution < -0.4 is 0 Å². The van der Waals surface area contributed by atoms with Crippen molar-refractivity contribution in [3.8, 4) is 16.3 Å². The first-order valence-electron chi connectivity index (χ1n) is 9.25. The number of fused-ring (bicyclic) bond motifs is 1. The van der Waals surface area contributed by atoms with E-state index in [2.05, 4.69) is 40.7 Å². The van der Waals surface area contributed by atoms with Crippen LogP contribution in [0, 0.1) is 10.8 Å². The van der Waals surface area contributed by atoms with Crippen molar-refractivity contribution in [3.63, 3.8) is 0 Å². The summed E-state index contributed by atoms with van der Waals surface area (Å²) in [7, 11) is 0. The maximum atomic E-state index is 10.7. The van der Waals surface area contributed by atoms with Crippen molar-refractivity contribution >= 4 is 27.3 Å². The Bertz CT molecular complexity index is 1020. The van der Waals surface area contributed by atoms with Gasteiger partial charge in [-0.25, -0.2) is 4.98 Å². The average Bonchev–Trinajstić information content (AvgIpc) is 3.14. The molecule has 27 heavy (non-hydrogen) atoms. The predicted molar refractivity (Wildman–Crippen MR) is 113 cm³/mol. The molecule has 2 aromatic carbocycles. The average molecular weight is 380 g/mol. The van der Waals surface area contributed by atoms with Gasteiger partial charge in [0.05, 0.1) is 22.4 Å². The third kappa shape index (κ3) is 3.02. The van der Waals surface area contributed by atoms with Gasteiger partial charge in [0.15, 0.2) is 0 Å². The van der Waals surface area contributed by atoms with Gasteiger partial charge in [-0.05, 0) is 29.2 Å². The topological polar surface area (TPSA) is 42.4 Å². The minimum Gasteiger partial charge on any atom is -0.507 e. The molecular weight excluding hydrogens is 354 g/mol. The van der Waals surface area contributed by atoms with Crippen LogP contribution in [0.5, 0.6) is 5.75 Å². The second kappa shape index (κ2) is 6.10. The Balaban J connectivity index is 1.99. The molecule has 4 rings (SSSR count). The maximum Gasteiger partial charge on any atom is 0.129 e. The summed E-state index contributed by atoms with van der Waals surface area (Å²) < 4.78 is 7.34. The van der Waals surface area contributed by atoms with Gasteiger partial charge in [-0.2, -0.15) is 0 Å². The highest BCUT2D eigenvalue weighted by Gasteiger charge is 2.42. The molecule has 1 N–H and O–H groups in total. The van der Waals surface area contributed by atoms with Crippen LogP contribution >= 0.6 is 11.3 Å². The number of aromatic hydroxyl groups is 1. The molecule has 0 bridgehead atoms. The van der Waals surface area contributed by atoms with Crippen LogP contribution in [-0.4, -0.2) is 16.7 Å². The largest absolute Gasteiger partial charge is 0.507 e. The molecule has 0 spiro atoms. The molecule has 3 nitrogen and oxygen atoms in total. The second-order valence-corrected chi connectivity index (χ2v) is 9.84. The molecule has 0 atom stereocenters. The van der Waals surface area contributed by atoms with Crippen LogP contribution in [0.15, 0.2) is 48.0 Å². The van der Waals surface area contributed by atoms with E-state index in [4.69, 9.17) is 9.72 Å². The molecule has 1 aliphatic heterocycles. The highest BCUT2D eigenvalue weighted by Crippen LogP contribution is 2.52. The summed E-state index contributed by atoms with van der Waals surface area (Å²) in [5.41, 5.74) is 3.82. The maximum absolute atomic E-state index is 10.7. The number of phenolic OH excluding ortho intramolecular Hbond substituents is 1. The number of aromatic nitrogens is 1. The molecule has 3 aromatic rings. The Kier molecular flexibility index (Phi) is 4.08. The molecule has 0 saturated carbocycles. The zero-order valence-corrected chi connectivity index (χ0v) is 17.3. The van der Waals surface area contributed by atoms with Gasteiger partial charge >= 0.3 is 0 Å². The lowest BCUT2D eigenvalue weighted by Crippen LogP contribution is -2.24. The van der Waals surface area contributed by atoms with Crippen LogP contribution in [-0.2, 0) is 4.74 Å². The first-order valence-corrected chi connectivity index (χ1v) is 10.1. The zero-order chi connectivity index (χ0) is 19.4. The van der Waals surface area contributed by atoms with Gasteiger partial charge in [0.2, 0.25) is 0 Å². The van der Waals surface area contributed by atoms with Crippen LogP contribution in [0.4, 0.5) is 0 Å². The fraction of sp³-hybridized carbons (Fsp3) is 0.348. The second-order valence-electron chi connectivity index (χ2n) is 8.81. The number of ether oxygens (including phenoxy) is 1. The Hall–Kier alpha value is -2.33. The van der Waals surface area contributed by atoms with Crippen molar-refractivity contribution < 1.29 is 9.84 Å². The molecule has 0 saturated heterocycles. The molecule has 4 heteroatoms. The molecule has 2 heterocycles. The fourth-order valence-electron chi connectivity index (χ4n) is 4.21. The van der Waals surface area contributed by atoms with Crippen molar-refractivity contribution in [1.82, 2.24) is 4.98 Å². The molecule has 0 radical (unpaired) electrons. The number of rotatable bonds is 2. The van der Waals surface area contributed by atoms with Crippen LogP contribution in [0.3, 0.4) is 0 Å². The standard InChI is InChI=1S/C23H25NO2S/c1-22(2,3)20-19(26-13-23(20,4)5)14-9-8-11-16(25)18(14)21-24-15-10-6-7-12-17(15)27-21/h6-12,25H,13H2,1-5H3. The van der Waals surface area contributed by atoms with E-state index < -0.39 is 0 Å². The molecule has 0 aliphatic carbocycles. The number of hydrogen-bond donors (Lipinski definition) is 1. The van der Waals surface area contributed by atoms with Crippen molar-refractivity contribution in [2.24, 2.45) is 10.8 Å². The number of phenols is 1. The van der Waals surface area contributed by atoms with Crippen molar-refractivity contribution in [2.75, 3.05) is 6.61 Å². The quantitative estimate of drug-likeness (QED) is 0.554. The monoisotopic (exact) mass is 379 g/mol. The third-order valence-electron chi connectivity index (χ3n) is 5.03. The highest BCUT2D eigenvalue weighted by atomic mass is 32.1. The number of hydrogen-bond acceptors (Lipinski definition) is 4. The van der Waals surface area contributed by atoms with Crippen molar-refractivity contribution in [2.45, 2.75) is 34.6 Å². The van der Waals surface area contributed by atoms with Gasteiger partial charge in [0.25, 0.3) is 0 Å². The Morgan fingerprint density at radius 2 is 1.81 bits per heavy atom. The van der Waals surface area contributed by atoms with Crippen LogP contribution in [0.25, 0.3) is 26.5 Å². The number of benzene rings is 2. The smallest absolute Gasteiger partial charge is 0.129 e. The number of para-hydroxylation sites is 1. The Morgan fingerprint density at radius 1 is 1.07 bits per heavy atom. The Morgan fingerprint density at radius 3 is 2.52 bits per heavy atom. The minimum atomic E-state index is -0.0517. The molecule has 1 aliphatic rings. The predicted octanol–water partition coefficient (Wildman–Crippen LogP) is 6.48. The zero-order valence-electron chi connectivity index (χ0n) is 16.5. The summed E-state index contributed by atoms with van der Waals surface area (Å²) >= 11 is 1.60.